The lowest BCUT2D eigenvalue weighted by molar-refractivity contribution is 0.464. The van der Waals surface area contributed by atoms with Gasteiger partial charge in [0.15, 0.2) is 0 Å². The zero-order valence-corrected chi connectivity index (χ0v) is 23.5. The predicted octanol–water partition coefficient (Wildman–Crippen LogP) is 5.50. The molecule has 0 aliphatic carbocycles. The van der Waals surface area contributed by atoms with Gasteiger partial charge in [-0.15, -0.1) is 0 Å². The van der Waals surface area contributed by atoms with Gasteiger partial charge < -0.3 is 15.4 Å². The summed E-state index contributed by atoms with van der Waals surface area (Å²) < 4.78 is 34.1. The number of hydrogen-bond acceptors (Lipinski definition) is 8. The van der Waals surface area contributed by atoms with Crippen molar-refractivity contribution in [2.75, 3.05) is 23.1 Å². The zero-order chi connectivity index (χ0) is 27.6. The first-order valence-electron chi connectivity index (χ1n) is 13.1. The van der Waals surface area contributed by atoms with E-state index in [9.17, 15) is 8.42 Å². The number of pyridine rings is 1. The molecule has 3 heterocycles. The number of rotatable bonds is 7. The molecule has 204 valence electrons. The fraction of sp³-hybridized carbons (Fsp3) is 0.345. The predicted molar refractivity (Wildman–Crippen MR) is 156 cm³/mol. The van der Waals surface area contributed by atoms with Crippen molar-refractivity contribution in [3.8, 4) is 22.9 Å². The molecule has 1 fully saturated rings. The van der Waals surface area contributed by atoms with Crippen molar-refractivity contribution in [2.24, 2.45) is 0 Å². The van der Waals surface area contributed by atoms with E-state index in [-0.39, 0.29) is 0 Å². The molecule has 1 unspecified atom stereocenters. The van der Waals surface area contributed by atoms with Gasteiger partial charge in [-0.2, -0.15) is 0 Å². The van der Waals surface area contributed by atoms with Crippen LogP contribution in [0.2, 0.25) is 0 Å². The minimum atomic E-state index is -3.62. The average Bonchev–Trinajstić information content (AvgIpc) is 2.91. The van der Waals surface area contributed by atoms with Crippen LogP contribution in [0, 0.1) is 6.92 Å². The largest absolute Gasteiger partial charge is 0.436 e. The number of anilines is 2. The van der Waals surface area contributed by atoms with E-state index in [0.29, 0.717) is 29.1 Å². The van der Waals surface area contributed by atoms with Crippen LogP contribution in [0.5, 0.6) is 11.6 Å². The van der Waals surface area contributed by atoms with Crippen molar-refractivity contribution in [1.82, 2.24) is 20.3 Å². The van der Waals surface area contributed by atoms with E-state index in [1.807, 2.05) is 43.3 Å². The third-order valence-corrected chi connectivity index (χ3v) is 8.88. The molecule has 0 radical (unpaired) electrons. The van der Waals surface area contributed by atoms with Crippen LogP contribution >= 0.6 is 0 Å². The number of aryl methyl sites for hydroxylation is 1. The number of hydrogen-bond donors (Lipinski definition) is 3. The highest BCUT2D eigenvalue weighted by atomic mass is 32.2. The Balaban J connectivity index is 1.50. The Hall–Kier alpha value is -3.76. The van der Waals surface area contributed by atoms with Gasteiger partial charge in [0.25, 0.3) is 0 Å². The Kier molecular flexibility index (Phi) is 7.42. The van der Waals surface area contributed by atoms with Gasteiger partial charge in [0, 0.05) is 47.5 Å². The van der Waals surface area contributed by atoms with Crippen LogP contribution < -0.4 is 20.1 Å². The summed E-state index contributed by atoms with van der Waals surface area (Å²) in [6, 6.07) is 13.5. The number of nitrogens with one attached hydrogen (secondary N) is 3. The Morgan fingerprint density at radius 1 is 1.00 bits per heavy atom. The number of ether oxygens (including phenoxy) is 1. The lowest BCUT2D eigenvalue weighted by Gasteiger charge is -2.24. The smallest absolute Gasteiger partial charge is 0.246 e. The lowest BCUT2D eigenvalue weighted by atomic mass is 10.0. The van der Waals surface area contributed by atoms with E-state index in [1.54, 1.807) is 45.4 Å². The second kappa shape index (κ2) is 10.8. The Morgan fingerprint density at radius 2 is 1.77 bits per heavy atom. The molecule has 1 saturated heterocycles. The van der Waals surface area contributed by atoms with Crippen LogP contribution in [0.4, 0.5) is 11.5 Å². The monoisotopic (exact) mass is 546 g/mol. The molecule has 5 rings (SSSR count). The minimum Gasteiger partial charge on any atom is -0.436 e. The van der Waals surface area contributed by atoms with E-state index in [4.69, 9.17) is 4.74 Å². The number of piperidine rings is 1. The van der Waals surface area contributed by atoms with Gasteiger partial charge in [0.2, 0.25) is 15.9 Å². The van der Waals surface area contributed by atoms with E-state index in [0.717, 1.165) is 53.6 Å². The van der Waals surface area contributed by atoms with Gasteiger partial charge in [-0.1, -0.05) is 24.3 Å². The van der Waals surface area contributed by atoms with Gasteiger partial charge >= 0.3 is 0 Å². The minimum absolute atomic E-state index is 0.322. The molecule has 0 bridgehead atoms. The molecule has 0 saturated carbocycles. The Labute approximate surface area is 229 Å². The number of aromatic nitrogens is 3. The number of benzene rings is 2. The molecule has 1 aliphatic heterocycles. The van der Waals surface area contributed by atoms with Gasteiger partial charge in [0.1, 0.15) is 17.3 Å². The highest BCUT2D eigenvalue weighted by Gasteiger charge is 2.30. The first kappa shape index (κ1) is 26.8. The van der Waals surface area contributed by atoms with Crippen molar-refractivity contribution in [3.05, 3.63) is 66.6 Å². The molecule has 10 heteroatoms. The Bertz CT molecular complexity index is 1590. The summed E-state index contributed by atoms with van der Waals surface area (Å²) in [6.07, 6.45) is 7.20. The molecule has 4 aromatic rings. The number of fused-ring (bicyclic) bond motifs is 1. The van der Waals surface area contributed by atoms with Crippen LogP contribution in [0.25, 0.3) is 22.0 Å². The first-order valence-corrected chi connectivity index (χ1v) is 14.6. The van der Waals surface area contributed by atoms with E-state index < -0.39 is 14.8 Å². The molecule has 2 aromatic carbocycles. The molecule has 39 heavy (non-hydrogen) atoms. The average molecular weight is 547 g/mol. The summed E-state index contributed by atoms with van der Waals surface area (Å²) >= 11 is 0. The van der Waals surface area contributed by atoms with Crippen LogP contribution in [0.3, 0.4) is 0 Å². The van der Waals surface area contributed by atoms with Crippen molar-refractivity contribution in [3.63, 3.8) is 0 Å². The second-order valence-corrected chi connectivity index (χ2v) is 13.2. The summed E-state index contributed by atoms with van der Waals surface area (Å²) in [5.41, 5.74) is 2.69. The molecule has 0 spiro atoms. The van der Waals surface area contributed by atoms with Gasteiger partial charge in [-0.25, -0.2) is 23.4 Å². The van der Waals surface area contributed by atoms with Crippen LogP contribution in [0.15, 0.2) is 61.1 Å². The zero-order valence-electron chi connectivity index (χ0n) is 22.7. The molecular weight excluding hydrogens is 512 g/mol. The topological polar surface area (TPSA) is 118 Å². The summed E-state index contributed by atoms with van der Waals surface area (Å²) in [5, 5.41) is 8.42. The molecule has 9 nitrogen and oxygen atoms in total. The third kappa shape index (κ3) is 5.81. The third-order valence-electron chi connectivity index (χ3n) is 6.78. The highest BCUT2D eigenvalue weighted by molar-refractivity contribution is 7.94. The van der Waals surface area contributed by atoms with Crippen LogP contribution in [-0.2, 0) is 10.0 Å². The maximum Gasteiger partial charge on any atom is 0.246 e. The summed E-state index contributed by atoms with van der Waals surface area (Å²) in [5.74, 6) is 1.71. The van der Waals surface area contributed by atoms with Crippen molar-refractivity contribution in [1.29, 1.82) is 0 Å². The molecular formula is C29H34N6O3S. The van der Waals surface area contributed by atoms with Crippen molar-refractivity contribution >= 4 is 32.3 Å². The molecule has 1 aliphatic rings. The maximum absolute atomic E-state index is 12.9. The fourth-order valence-corrected chi connectivity index (χ4v) is 5.31. The molecule has 0 amide bonds. The normalized spacial score (nSPS) is 16.2. The van der Waals surface area contributed by atoms with Gasteiger partial charge in [-0.05, 0) is 70.8 Å². The molecule has 1 atom stereocenters. The van der Waals surface area contributed by atoms with E-state index in [1.165, 1.54) is 0 Å². The standard InChI is InChI=1S/C29H34N6O3S/c1-19-16-24(35-39(36,37)29(2,3)4)22-9-5-6-10-23(22)27(19)38-28-26(32-14-15-33-28)20-11-13-31-25(17-20)34-21-8-7-12-30-18-21/h5-6,9-11,13-17,21,30,35H,7-8,12,18H2,1-4H3,(H,31,34). The van der Waals surface area contributed by atoms with Gasteiger partial charge in [-0.3, -0.25) is 4.72 Å². The number of nitrogens with zero attached hydrogens (tertiary/aromatic N) is 3. The first-order chi connectivity index (χ1) is 18.6. The van der Waals surface area contributed by atoms with E-state index >= 15 is 0 Å². The fourth-order valence-electron chi connectivity index (χ4n) is 4.54. The second-order valence-electron chi connectivity index (χ2n) is 10.8. The van der Waals surface area contributed by atoms with Crippen molar-refractivity contribution in [2.45, 2.75) is 51.3 Å². The quantitative estimate of drug-likeness (QED) is 0.278. The Morgan fingerprint density at radius 3 is 2.51 bits per heavy atom. The summed E-state index contributed by atoms with van der Waals surface area (Å²) in [6.45, 7) is 8.85. The van der Waals surface area contributed by atoms with E-state index in [2.05, 4.69) is 30.3 Å². The van der Waals surface area contributed by atoms with Gasteiger partial charge in [0.05, 0.1) is 10.4 Å². The van der Waals surface area contributed by atoms with Crippen LogP contribution in [-0.4, -0.2) is 47.2 Å². The summed E-state index contributed by atoms with van der Waals surface area (Å²) in [4.78, 5) is 13.6. The molecule has 2 aromatic heterocycles. The van der Waals surface area contributed by atoms with Crippen molar-refractivity contribution < 1.29 is 13.2 Å². The maximum atomic E-state index is 12.9. The van der Waals surface area contributed by atoms with Crippen LogP contribution in [0.1, 0.15) is 39.2 Å². The SMILES string of the molecule is Cc1cc(NS(=O)(=O)C(C)(C)C)c2ccccc2c1Oc1nccnc1-c1ccnc(NC2CCCNC2)c1. The lowest BCUT2D eigenvalue weighted by Crippen LogP contribution is -2.38. The number of sulfonamides is 1. The summed E-state index contributed by atoms with van der Waals surface area (Å²) in [7, 11) is -3.62. The highest BCUT2D eigenvalue weighted by Crippen LogP contribution is 2.40. The molecule has 3 N–H and O–H groups in total.